The molecule has 1 fully saturated rings. The van der Waals surface area contributed by atoms with E-state index < -0.39 is 0 Å². The third-order valence-electron chi connectivity index (χ3n) is 3.77. The van der Waals surface area contributed by atoms with Gasteiger partial charge in [-0.2, -0.15) is 0 Å². The first-order chi connectivity index (χ1) is 9.72. The van der Waals surface area contributed by atoms with Crippen molar-refractivity contribution in [3.05, 3.63) is 30.5 Å². The van der Waals surface area contributed by atoms with Crippen LogP contribution in [0.25, 0.3) is 11.0 Å². The number of piperazine rings is 1. The second-order valence-electron chi connectivity index (χ2n) is 5.94. The van der Waals surface area contributed by atoms with Gasteiger partial charge in [-0.05, 0) is 24.5 Å². The highest BCUT2D eigenvalue weighted by atomic mass is 15.2. The molecule has 0 radical (unpaired) electrons. The van der Waals surface area contributed by atoms with Gasteiger partial charge in [-0.15, -0.1) is 0 Å². The Labute approximate surface area is 120 Å². The van der Waals surface area contributed by atoms with Crippen LogP contribution in [0, 0.1) is 5.92 Å². The number of rotatable bonds is 3. The van der Waals surface area contributed by atoms with Crippen LogP contribution in [0.4, 0.5) is 5.82 Å². The molecule has 0 saturated carbocycles. The van der Waals surface area contributed by atoms with Crippen LogP contribution in [0.15, 0.2) is 30.5 Å². The molecule has 0 amide bonds. The lowest BCUT2D eigenvalue weighted by molar-refractivity contribution is 0.387. The first-order valence-corrected chi connectivity index (χ1v) is 7.42. The van der Waals surface area contributed by atoms with Crippen molar-refractivity contribution in [1.82, 2.24) is 15.3 Å². The minimum absolute atomic E-state index is 0.553. The first kappa shape index (κ1) is 13.3. The molecule has 1 aromatic heterocycles. The molecule has 1 saturated heterocycles. The summed E-state index contributed by atoms with van der Waals surface area (Å²) in [6.45, 7) is 7.59. The van der Waals surface area contributed by atoms with Crippen molar-refractivity contribution in [1.29, 1.82) is 0 Å². The summed E-state index contributed by atoms with van der Waals surface area (Å²) in [4.78, 5) is 11.6. The fourth-order valence-electron chi connectivity index (χ4n) is 2.86. The fourth-order valence-corrected chi connectivity index (χ4v) is 2.86. The van der Waals surface area contributed by atoms with Gasteiger partial charge in [-0.25, -0.2) is 4.98 Å². The maximum Gasteiger partial charge on any atom is 0.147 e. The van der Waals surface area contributed by atoms with Crippen molar-refractivity contribution >= 4 is 16.9 Å². The van der Waals surface area contributed by atoms with Crippen molar-refractivity contribution < 1.29 is 0 Å². The fraction of sp³-hybridized carbons (Fsp3) is 0.500. The van der Waals surface area contributed by atoms with Crippen LogP contribution >= 0.6 is 0 Å². The molecule has 2 aromatic rings. The topological polar surface area (TPSA) is 41.1 Å². The number of fused-ring (bicyclic) bond motifs is 1. The summed E-state index contributed by atoms with van der Waals surface area (Å²) in [5, 5.41) is 3.60. The molecule has 4 nitrogen and oxygen atoms in total. The van der Waals surface area contributed by atoms with Gasteiger partial charge in [-0.3, -0.25) is 4.98 Å². The SMILES string of the molecule is CC(C)C[C@@H]1CN(c2cnc3ccccc3n2)CCN1. The molecule has 1 aliphatic rings. The molecule has 3 rings (SSSR count). The number of hydrogen-bond donors (Lipinski definition) is 1. The number of benzene rings is 1. The van der Waals surface area contributed by atoms with Crippen LogP contribution < -0.4 is 10.2 Å². The standard InChI is InChI=1S/C16H22N4/c1-12(2)9-13-11-20(8-7-17-13)16-10-18-14-5-3-4-6-15(14)19-16/h3-6,10,12-13,17H,7-9,11H2,1-2H3/t13-/m1/s1. The predicted molar refractivity (Wildman–Crippen MR) is 83.0 cm³/mol. The largest absolute Gasteiger partial charge is 0.352 e. The highest BCUT2D eigenvalue weighted by Gasteiger charge is 2.21. The molecule has 1 atom stereocenters. The number of para-hydroxylation sites is 2. The molecule has 106 valence electrons. The minimum Gasteiger partial charge on any atom is -0.352 e. The normalized spacial score (nSPS) is 19.8. The van der Waals surface area contributed by atoms with Gasteiger partial charge >= 0.3 is 0 Å². The van der Waals surface area contributed by atoms with E-state index in [1.165, 1.54) is 6.42 Å². The van der Waals surface area contributed by atoms with E-state index in [2.05, 4.69) is 29.0 Å². The molecular formula is C16H22N4. The summed E-state index contributed by atoms with van der Waals surface area (Å²) < 4.78 is 0. The minimum atomic E-state index is 0.553. The zero-order chi connectivity index (χ0) is 13.9. The molecule has 1 N–H and O–H groups in total. The monoisotopic (exact) mass is 270 g/mol. The highest BCUT2D eigenvalue weighted by Crippen LogP contribution is 2.18. The number of nitrogens with zero attached hydrogens (tertiary/aromatic N) is 3. The van der Waals surface area contributed by atoms with Crippen molar-refractivity contribution in [3.63, 3.8) is 0 Å². The first-order valence-electron chi connectivity index (χ1n) is 7.42. The summed E-state index contributed by atoms with van der Waals surface area (Å²) in [5.41, 5.74) is 1.94. The Balaban J connectivity index is 1.79. The predicted octanol–water partition coefficient (Wildman–Crippen LogP) is 2.45. The summed E-state index contributed by atoms with van der Waals surface area (Å²) in [5.74, 6) is 1.72. The molecule has 20 heavy (non-hydrogen) atoms. The lowest BCUT2D eigenvalue weighted by Gasteiger charge is -2.35. The Morgan fingerprint density at radius 3 is 2.90 bits per heavy atom. The van der Waals surface area contributed by atoms with Crippen LogP contribution in [0.1, 0.15) is 20.3 Å². The average molecular weight is 270 g/mol. The van der Waals surface area contributed by atoms with Gasteiger partial charge in [0.1, 0.15) is 5.82 Å². The van der Waals surface area contributed by atoms with E-state index in [-0.39, 0.29) is 0 Å². The van der Waals surface area contributed by atoms with Gasteiger partial charge < -0.3 is 10.2 Å². The van der Waals surface area contributed by atoms with Crippen molar-refractivity contribution in [2.75, 3.05) is 24.5 Å². The molecule has 1 aliphatic heterocycles. The maximum absolute atomic E-state index is 4.75. The zero-order valence-electron chi connectivity index (χ0n) is 12.2. The Bertz CT molecular complexity index is 581. The molecule has 0 spiro atoms. The van der Waals surface area contributed by atoms with E-state index >= 15 is 0 Å². The van der Waals surface area contributed by atoms with Crippen LogP contribution in [-0.2, 0) is 0 Å². The van der Waals surface area contributed by atoms with E-state index in [9.17, 15) is 0 Å². The third-order valence-corrected chi connectivity index (χ3v) is 3.77. The van der Waals surface area contributed by atoms with E-state index in [1.807, 2.05) is 30.5 Å². The van der Waals surface area contributed by atoms with Gasteiger partial charge in [0.15, 0.2) is 0 Å². The Kier molecular flexibility index (Phi) is 3.83. The lowest BCUT2D eigenvalue weighted by Crippen LogP contribution is -2.51. The summed E-state index contributed by atoms with van der Waals surface area (Å²) in [6.07, 6.45) is 3.11. The highest BCUT2D eigenvalue weighted by molar-refractivity contribution is 5.75. The summed E-state index contributed by atoms with van der Waals surface area (Å²) in [6, 6.07) is 8.60. The molecule has 2 heterocycles. The number of nitrogens with one attached hydrogen (secondary N) is 1. The van der Waals surface area contributed by atoms with Gasteiger partial charge in [0.2, 0.25) is 0 Å². The van der Waals surface area contributed by atoms with Gasteiger partial charge in [-0.1, -0.05) is 26.0 Å². The summed E-state index contributed by atoms with van der Waals surface area (Å²) >= 11 is 0. The molecule has 0 bridgehead atoms. The number of anilines is 1. The van der Waals surface area contributed by atoms with Gasteiger partial charge in [0.05, 0.1) is 17.2 Å². The second-order valence-corrected chi connectivity index (χ2v) is 5.94. The van der Waals surface area contributed by atoms with Crippen LogP contribution in [0.3, 0.4) is 0 Å². The number of aromatic nitrogens is 2. The molecule has 0 unspecified atom stereocenters. The van der Waals surface area contributed by atoms with Crippen molar-refractivity contribution in [2.45, 2.75) is 26.3 Å². The Morgan fingerprint density at radius 1 is 1.30 bits per heavy atom. The molecular weight excluding hydrogens is 248 g/mol. The van der Waals surface area contributed by atoms with Crippen LogP contribution in [-0.4, -0.2) is 35.6 Å². The zero-order valence-corrected chi connectivity index (χ0v) is 12.2. The van der Waals surface area contributed by atoms with E-state index in [0.717, 1.165) is 42.4 Å². The van der Waals surface area contributed by atoms with E-state index in [0.29, 0.717) is 6.04 Å². The summed E-state index contributed by atoms with van der Waals surface area (Å²) in [7, 11) is 0. The van der Waals surface area contributed by atoms with Crippen LogP contribution in [0.2, 0.25) is 0 Å². The molecule has 0 aliphatic carbocycles. The van der Waals surface area contributed by atoms with Gasteiger partial charge in [0, 0.05) is 25.7 Å². The molecule has 1 aromatic carbocycles. The molecule has 4 heteroatoms. The average Bonchev–Trinajstić information content (AvgIpc) is 2.46. The maximum atomic E-state index is 4.75. The Morgan fingerprint density at radius 2 is 2.10 bits per heavy atom. The van der Waals surface area contributed by atoms with Crippen molar-refractivity contribution in [2.24, 2.45) is 5.92 Å². The number of hydrogen-bond acceptors (Lipinski definition) is 4. The van der Waals surface area contributed by atoms with E-state index in [1.54, 1.807) is 0 Å². The second kappa shape index (κ2) is 5.75. The Hall–Kier alpha value is -1.68. The van der Waals surface area contributed by atoms with Gasteiger partial charge in [0.25, 0.3) is 0 Å². The van der Waals surface area contributed by atoms with Crippen LogP contribution in [0.5, 0.6) is 0 Å². The van der Waals surface area contributed by atoms with Crippen molar-refractivity contribution in [3.8, 4) is 0 Å². The van der Waals surface area contributed by atoms with E-state index in [4.69, 9.17) is 4.98 Å². The smallest absolute Gasteiger partial charge is 0.147 e. The lowest BCUT2D eigenvalue weighted by atomic mass is 10.0. The quantitative estimate of drug-likeness (QED) is 0.930. The third kappa shape index (κ3) is 2.90.